The fourth-order valence-corrected chi connectivity index (χ4v) is 1.78. The monoisotopic (exact) mass is 194 g/mol. The van der Waals surface area contributed by atoms with Crippen LogP contribution in [-0.2, 0) is 4.79 Å². The zero-order valence-electron chi connectivity index (χ0n) is 8.32. The van der Waals surface area contributed by atoms with E-state index in [0.29, 0.717) is 6.54 Å². The lowest BCUT2D eigenvalue weighted by atomic mass is 10.2. The van der Waals surface area contributed by atoms with Gasteiger partial charge in [0.15, 0.2) is 0 Å². The van der Waals surface area contributed by atoms with Crippen molar-refractivity contribution in [2.45, 2.75) is 26.1 Å². The molecule has 1 aromatic heterocycles. The van der Waals surface area contributed by atoms with Crippen LogP contribution >= 0.6 is 0 Å². The van der Waals surface area contributed by atoms with Gasteiger partial charge in [0.1, 0.15) is 6.17 Å². The Bertz CT molecular complexity index is 320. The second-order valence-electron chi connectivity index (χ2n) is 3.69. The number of amides is 1. The second kappa shape index (κ2) is 3.42. The summed E-state index contributed by atoms with van der Waals surface area (Å²) in [5, 5.41) is 3.15. The normalized spacial score (nSPS) is 22.4. The van der Waals surface area contributed by atoms with E-state index >= 15 is 0 Å². The molecule has 2 heterocycles. The Hall–Kier alpha value is -1.36. The van der Waals surface area contributed by atoms with Crippen molar-refractivity contribution in [1.29, 1.82) is 0 Å². The number of aromatic amines is 1. The first-order chi connectivity index (χ1) is 6.70. The molecule has 0 bridgehead atoms. The summed E-state index contributed by atoms with van der Waals surface area (Å²) < 4.78 is 0. The topological polar surface area (TPSA) is 61.0 Å². The fourth-order valence-electron chi connectivity index (χ4n) is 1.78. The lowest BCUT2D eigenvalue weighted by Crippen LogP contribution is -2.36. The molecule has 0 aromatic carbocycles. The molecule has 14 heavy (non-hydrogen) atoms. The molecule has 2 rings (SSSR count). The van der Waals surface area contributed by atoms with Crippen LogP contribution in [0.3, 0.4) is 0 Å². The van der Waals surface area contributed by atoms with Gasteiger partial charge in [0.25, 0.3) is 0 Å². The molecule has 0 saturated carbocycles. The zero-order valence-corrected chi connectivity index (χ0v) is 8.32. The van der Waals surface area contributed by atoms with Crippen LogP contribution < -0.4 is 5.32 Å². The molecule has 1 aliphatic heterocycles. The Morgan fingerprint density at radius 2 is 2.43 bits per heavy atom. The summed E-state index contributed by atoms with van der Waals surface area (Å²) in [5.41, 5.74) is 0.935. The van der Waals surface area contributed by atoms with Crippen LogP contribution in [0.15, 0.2) is 12.5 Å². The van der Waals surface area contributed by atoms with E-state index in [1.165, 1.54) is 0 Å². The molecule has 1 fully saturated rings. The number of aromatic nitrogens is 2. The summed E-state index contributed by atoms with van der Waals surface area (Å²) in [6, 6.07) is 0.200. The number of hydrogen-bond donors (Lipinski definition) is 2. The first kappa shape index (κ1) is 9.21. The number of imidazole rings is 1. The van der Waals surface area contributed by atoms with Crippen molar-refractivity contribution >= 4 is 5.91 Å². The first-order valence-electron chi connectivity index (χ1n) is 4.73. The molecule has 5 heteroatoms. The lowest BCUT2D eigenvalue weighted by Gasteiger charge is -2.26. The summed E-state index contributed by atoms with van der Waals surface area (Å²) in [5.74, 6) is 0.139. The van der Waals surface area contributed by atoms with Crippen LogP contribution in [0.5, 0.6) is 0 Å². The van der Waals surface area contributed by atoms with Gasteiger partial charge in [0.2, 0.25) is 5.91 Å². The molecule has 1 aromatic rings. The molecular formula is C9H14N4O. The Kier molecular flexibility index (Phi) is 2.25. The van der Waals surface area contributed by atoms with Gasteiger partial charge in [0, 0.05) is 6.04 Å². The van der Waals surface area contributed by atoms with Crippen LogP contribution in [0.25, 0.3) is 0 Å². The van der Waals surface area contributed by atoms with Crippen molar-refractivity contribution in [1.82, 2.24) is 20.2 Å². The van der Waals surface area contributed by atoms with E-state index in [2.05, 4.69) is 15.3 Å². The van der Waals surface area contributed by atoms with Gasteiger partial charge in [-0.15, -0.1) is 0 Å². The molecular weight excluding hydrogens is 180 g/mol. The summed E-state index contributed by atoms with van der Waals surface area (Å²) in [6.45, 7) is 4.42. The third-order valence-electron chi connectivity index (χ3n) is 2.38. The number of carbonyl (C=O) groups is 1. The van der Waals surface area contributed by atoms with E-state index in [4.69, 9.17) is 0 Å². The third kappa shape index (κ3) is 1.39. The average Bonchev–Trinajstić information content (AvgIpc) is 2.70. The van der Waals surface area contributed by atoms with Crippen LogP contribution in [-0.4, -0.2) is 33.4 Å². The lowest BCUT2D eigenvalue weighted by molar-refractivity contribution is -0.129. The SMILES string of the molecule is CC(C)N1C(=O)CNC1c1cnc[nH]1. The highest BCUT2D eigenvalue weighted by Gasteiger charge is 2.33. The Labute approximate surface area is 82.5 Å². The maximum Gasteiger partial charge on any atom is 0.238 e. The van der Waals surface area contributed by atoms with E-state index in [0.717, 1.165) is 5.69 Å². The Morgan fingerprint density at radius 1 is 1.64 bits per heavy atom. The molecule has 1 amide bonds. The maximum atomic E-state index is 11.6. The Morgan fingerprint density at radius 3 is 3.00 bits per heavy atom. The van der Waals surface area contributed by atoms with Gasteiger partial charge in [-0.2, -0.15) is 0 Å². The number of H-pyrrole nitrogens is 1. The highest BCUT2D eigenvalue weighted by atomic mass is 16.2. The quantitative estimate of drug-likeness (QED) is 0.709. The zero-order chi connectivity index (χ0) is 10.1. The number of nitrogens with one attached hydrogen (secondary N) is 2. The molecule has 0 aliphatic carbocycles. The second-order valence-corrected chi connectivity index (χ2v) is 3.69. The van der Waals surface area contributed by atoms with Crippen molar-refractivity contribution < 1.29 is 4.79 Å². The number of carbonyl (C=O) groups excluding carboxylic acids is 1. The maximum absolute atomic E-state index is 11.6. The summed E-state index contributed by atoms with van der Waals surface area (Å²) >= 11 is 0. The van der Waals surface area contributed by atoms with Gasteiger partial charge < -0.3 is 9.88 Å². The molecule has 1 unspecified atom stereocenters. The van der Waals surface area contributed by atoms with Crippen molar-refractivity contribution in [2.75, 3.05) is 6.54 Å². The van der Waals surface area contributed by atoms with Gasteiger partial charge in [-0.25, -0.2) is 4.98 Å². The minimum atomic E-state index is -0.0509. The van der Waals surface area contributed by atoms with Crippen molar-refractivity contribution in [3.8, 4) is 0 Å². The number of nitrogens with zero attached hydrogens (tertiary/aromatic N) is 2. The summed E-state index contributed by atoms with van der Waals surface area (Å²) in [4.78, 5) is 20.3. The standard InChI is InChI=1S/C9H14N4O/c1-6(2)13-8(14)4-11-9(13)7-3-10-5-12-7/h3,5-6,9,11H,4H2,1-2H3,(H,10,12). The van der Waals surface area contributed by atoms with E-state index in [1.807, 2.05) is 18.7 Å². The van der Waals surface area contributed by atoms with E-state index < -0.39 is 0 Å². The Balaban J connectivity index is 2.24. The minimum absolute atomic E-state index is 0.0509. The minimum Gasteiger partial charge on any atom is -0.346 e. The highest BCUT2D eigenvalue weighted by molar-refractivity contribution is 5.81. The van der Waals surface area contributed by atoms with Crippen LogP contribution in [0.2, 0.25) is 0 Å². The molecule has 1 atom stereocenters. The smallest absolute Gasteiger partial charge is 0.238 e. The molecule has 2 N–H and O–H groups in total. The van der Waals surface area contributed by atoms with E-state index in [1.54, 1.807) is 12.5 Å². The van der Waals surface area contributed by atoms with Crippen molar-refractivity contribution in [2.24, 2.45) is 0 Å². The third-order valence-corrected chi connectivity index (χ3v) is 2.38. The number of hydrogen-bond acceptors (Lipinski definition) is 3. The highest BCUT2D eigenvalue weighted by Crippen LogP contribution is 2.22. The predicted molar refractivity (Wildman–Crippen MR) is 51.3 cm³/mol. The molecule has 5 nitrogen and oxygen atoms in total. The predicted octanol–water partition coefficient (Wildman–Crippen LogP) is 0.248. The van der Waals surface area contributed by atoms with E-state index in [-0.39, 0.29) is 18.1 Å². The molecule has 1 aliphatic rings. The van der Waals surface area contributed by atoms with Crippen LogP contribution in [0.4, 0.5) is 0 Å². The number of rotatable bonds is 2. The van der Waals surface area contributed by atoms with E-state index in [9.17, 15) is 4.79 Å². The molecule has 0 radical (unpaired) electrons. The van der Waals surface area contributed by atoms with Crippen molar-refractivity contribution in [3.05, 3.63) is 18.2 Å². The summed E-state index contributed by atoms with van der Waals surface area (Å²) in [7, 11) is 0. The molecule has 1 saturated heterocycles. The largest absolute Gasteiger partial charge is 0.346 e. The van der Waals surface area contributed by atoms with Gasteiger partial charge in [-0.3, -0.25) is 10.1 Å². The van der Waals surface area contributed by atoms with Gasteiger partial charge in [-0.05, 0) is 13.8 Å². The van der Waals surface area contributed by atoms with Crippen LogP contribution in [0, 0.1) is 0 Å². The summed E-state index contributed by atoms with van der Waals surface area (Å²) in [6.07, 6.45) is 3.31. The fraction of sp³-hybridized carbons (Fsp3) is 0.556. The van der Waals surface area contributed by atoms with Crippen molar-refractivity contribution in [3.63, 3.8) is 0 Å². The van der Waals surface area contributed by atoms with Gasteiger partial charge in [-0.1, -0.05) is 0 Å². The van der Waals surface area contributed by atoms with Crippen LogP contribution in [0.1, 0.15) is 25.7 Å². The average molecular weight is 194 g/mol. The molecule has 0 spiro atoms. The first-order valence-corrected chi connectivity index (χ1v) is 4.73. The van der Waals surface area contributed by atoms with Gasteiger partial charge >= 0.3 is 0 Å². The molecule has 76 valence electrons. The van der Waals surface area contributed by atoms with Gasteiger partial charge in [0.05, 0.1) is 24.8 Å².